The zero-order chi connectivity index (χ0) is 17.8. The lowest BCUT2D eigenvalue weighted by molar-refractivity contribution is 0.252. The van der Waals surface area contributed by atoms with Crippen molar-refractivity contribution < 1.29 is 9.18 Å². The molecule has 2 aromatic carbocycles. The number of halogens is 1. The van der Waals surface area contributed by atoms with Crippen molar-refractivity contribution in [1.29, 1.82) is 0 Å². The zero-order valence-electron chi connectivity index (χ0n) is 14.1. The summed E-state index contributed by atoms with van der Waals surface area (Å²) < 4.78 is 13.5. The van der Waals surface area contributed by atoms with Gasteiger partial charge in [-0.25, -0.2) is 19.2 Å². The molecule has 0 spiro atoms. The molecule has 3 aromatic rings. The van der Waals surface area contributed by atoms with E-state index < -0.39 is 0 Å². The quantitative estimate of drug-likeness (QED) is 0.761. The van der Waals surface area contributed by atoms with E-state index in [1.807, 2.05) is 19.9 Å². The third kappa shape index (κ3) is 4.09. The largest absolute Gasteiger partial charge is 0.338 e. The topological polar surface area (TPSA) is 66.9 Å². The summed E-state index contributed by atoms with van der Waals surface area (Å²) in [7, 11) is 0. The molecule has 25 heavy (non-hydrogen) atoms. The normalized spacial score (nSPS) is 10.7. The van der Waals surface area contributed by atoms with Crippen molar-refractivity contribution in [3.8, 4) is 0 Å². The summed E-state index contributed by atoms with van der Waals surface area (Å²) in [5.74, 6) is -0.261. The van der Waals surface area contributed by atoms with Gasteiger partial charge in [-0.3, -0.25) is 0 Å². The molecule has 0 radical (unpaired) electrons. The lowest BCUT2D eigenvalue weighted by Gasteiger charge is -2.09. The Bertz CT molecular complexity index is 926. The number of aryl methyl sites for hydroxylation is 2. The van der Waals surface area contributed by atoms with Crippen molar-refractivity contribution in [3.63, 3.8) is 0 Å². The van der Waals surface area contributed by atoms with Crippen molar-refractivity contribution in [2.45, 2.75) is 20.3 Å². The number of carbonyl (C=O) groups excluding carboxylic acids is 1. The molecule has 3 rings (SSSR count). The van der Waals surface area contributed by atoms with Crippen molar-refractivity contribution in [2.75, 3.05) is 11.9 Å². The Morgan fingerprint density at radius 3 is 2.52 bits per heavy atom. The number of carbonyl (C=O) groups is 1. The van der Waals surface area contributed by atoms with Crippen LogP contribution in [0.25, 0.3) is 11.0 Å². The number of urea groups is 1. The van der Waals surface area contributed by atoms with Gasteiger partial charge in [0.25, 0.3) is 0 Å². The molecule has 1 heterocycles. The number of nitrogens with zero attached hydrogens (tertiary/aromatic N) is 2. The van der Waals surface area contributed by atoms with Gasteiger partial charge in [0.15, 0.2) is 0 Å². The van der Waals surface area contributed by atoms with Crippen LogP contribution in [0.15, 0.2) is 42.5 Å². The molecule has 0 unspecified atom stereocenters. The van der Waals surface area contributed by atoms with Crippen LogP contribution in [-0.4, -0.2) is 22.5 Å². The predicted octanol–water partition coefficient (Wildman–Crippen LogP) is 3.75. The SMILES string of the molecule is Cc1nc2ccc(NC(=O)NCCc3ccccc3F)cc2nc1C. The Kier molecular flexibility index (Phi) is 4.88. The first-order chi connectivity index (χ1) is 12.0. The number of benzene rings is 2. The van der Waals surface area contributed by atoms with Crippen LogP contribution < -0.4 is 10.6 Å². The monoisotopic (exact) mass is 338 g/mol. The summed E-state index contributed by atoms with van der Waals surface area (Å²) in [5.41, 5.74) is 4.47. The highest BCUT2D eigenvalue weighted by Gasteiger charge is 2.06. The molecular weight excluding hydrogens is 319 g/mol. The van der Waals surface area contributed by atoms with Gasteiger partial charge in [0, 0.05) is 12.2 Å². The maximum atomic E-state index is 13.5. The van der Waals surface area contributed by atoms with E-state index in [4.69, 9.17) is 0 Å². The van der Waals surface area contributed by atoms with Crippen molar-refractivity contribution in [2.24, 2.45) is 0 Å². The predicted molar refractivity (Wildman–Crippen MR) is 96.1 cm³/mol. The van der Waals surface area contributed by atoms with Gasteiger partial charge < -0.3 is 10.6 Å². The molecule has 2 N–H and O–H groups in total. The van der Waals surface area contributed by atoms with Gasteiger partial charge in [-0.2, -0.15) is 0 Å². The third-order valence-electron chi connectivity index (χ3n) is 3.97. The second kappa shape index (κ2) is 7.25. The van der Waals surface area contributed by atoms with E-state index in [0.29, 0.717) is 24.2 Å². The number of aromatic nitrogens is 2. The minimum atomic E-state index is -0.340. The summed E-state index contributed by atoms with van der Waals surface area (Å²) in [5, 5.41) is 5.48. The average Bonchev–Trinajstić information content (AvgIpc) is 2.58. The van der Waals surface area contributed by atoms with E-state index in [1.165, 1.54) is 6.07 Å². The fourth-order valence-electron chi connectivity index (χ4n) is 2.50. The molecule has 0 atom stereocenters. The van der Waals surface area contributed by atoms with Gasteiger partial charge >= 0.3 is 6.03 Å². The fourth-order valence-corrected chi connectivity index (χ4v) is 2.50. The van der Waals surface area contributed by atoms with E-state index in [0.717, 1.165) is 22.4 Å². The number of fused-ring (bicyclic) bond motifs is 1. The smallest absolute Gasteiger partial charge is 0.319 e. The van der Waals surface area contributed by atoms with Gasteiger partial charge in [-0.1, -0.05) is 18.2 Å². The first kappa shape index (κ1) is 16.8. The number of amides is 2. The Labute approximate surface area is 145 Å². The van der Waals surface area contributed by atoms with Crippen LogP contribution in [0.3, 0.4) is 0 Å². The first-order valence-electron chi connectivity index (χ1n) is 8.06. The van der Waals surface area contributed by atoms with E-state index in [1.54, 1.807) is 30.3 Å². The summed E-state index contributed by atoms with van der Waals surface area (Å²) >= 11 is 0. The van der Waals surface area contributed by atoms with E-state index >= 15 is 0 Å². The second-order valence-electron chi connectivity index (χ2n) is 5.82. The highest BCUT2D eigenvalue weighted by Crippen LogP contribution is 2.17. The number of hydrogen-bond donors (Lipinski definition) is 2. The molecule has 1 aromatic heterocycles. The van der Waals surface area contributed by atoms with Crippen LogP contribution in [-0.2, 0) is 6.42 Å². The molecule has 0 aliphatic rings. The molecule has 0 fully saturated rings. The Hall–Kier alpha value is -3.02. The van der Waals surface area contributed by atoms with Crippen LogP contribution in [0.1, 0.15) is 17.0 Å². The van der Waals surface area contributed by atoms with Gasteiger partial charge in [-0.15, -0.1) is 0 Å². The van der Waals surface area contributed by atoms with E-state index in [2.05, 4.69) is 20.6 Å². The van der Waals surface area contributed by atoms with Crippen molar-refractivity contribution in [1.82, 2.24) is 15.3 Å². The molecule has 0 aliphatic carbocycles. The van der Waals surface area contributed by atoms with Gasteiger partial charge in [0.1, 0.15) is 5.82 Å². The van der Waals surface area contributed by atoms with Crippen LogP contribution in [0.2, 0.25) is 0 Å². The van der Waals surface area contributed by atoms with E-state index in [9.17, 15) is 9.18 Å². The molecule has 5 nitrogen and oxygen atoms in total. The van der Waals surface area contributed by atoms with Crippen molar-refractivity contribution in [3.05, 3.63) is 65.2 Å². The second-order valence-corrected chi connectivity index (χ2v) is 5.82. The van der Waals surface area contributed by atoms with Gasteiger partial charge in [-0.05, 0) is 50.1 Å². The molecule has 0 aliphatic heterocycles. The maximum absolute atomic E-state index is 13.5. The third-order valence-corrected chi connectivity index (χ3v) is 3.97. The minimum Gasteiger partial charge on any atom is -0.338 e. The molecule has 0 saturated carbocycles. The standard InChI is InChI=1S/C19H19FN4O/c1-12-13(2)23-18-11-15(7-8-17(18)22-12)24-19(25)21-10-9-14-5-3-4-6-16(14)20/h3-8,11H,9-10H2,1-2H3,(H2,21,24,25). The summed E-state index contributed by atoms with van der Waals surface area (Å²) in [6, 6.07) is 11.6. The number of hydrogen-bond acceptors (Lipinski definition) is 3. The van der Waals surface area contributed by atoms with E-state index in [-0.39, 0.29) is 11.8 Å². The van der Waals surface area contributed by atoms with Crippen molar-refractivity contribution >= 4 is 22.8 Å². The summed E-state index contributed by atoms with van der Waals surface area (Å²) in [6.07, 6.45) is 0.432. The molecule has 2 amide bonds. The zero-order valence-corrected chi connectivity index (χ0v) is 14.1. The highest BCUT2D eigenvalue weighted by atomic mass is 19.1. The van der Waals surface area contributed by atoms with Crippen LogP contribution >= 0.6 is 0 Å². The minimum absolute atomic E-state index is 0.261. The molecular formula is C19H19FN4O. The summed E-state index contributed by atoms with van der Waals surface area (Å²) in [6.45, 7) is 4.16. The lowest BCUT2D eigenvalue weighted by atomic mass is 10.1. The molecule has 0 saturated heterocycles. The molecule has 6 heteroatoms. The van der Waals surface area contributed by atoms with Crippen LogP contribution in [0.5, 0.6) is 0 Å². The Morgan fingerprint density at radius 2 is 1.76 bits per heavy atom. The molecule has 128 valence electrons. The van der Waals surface area contributed by atoms with Crippen LogP contribution in [0, 0.1) is 19.7 Å². The first-order valence-corrected chi connectivity index (χ1v) is 8.06. The Balaban J connectivity index is 1.60. The Morgan fingerprint density at radius 1 is 1.04 bits per heavy atom. The fraction of sp³-hybridized carbons (Fsp3) is 0.211. The van der Waals surface area contributed by atoms with Gasteiger partial charge in [0.05, 0.1) is 22.4 Å². The van der Waals surface area contributed by atoms with Crippen LogP contribution in [0.4, 0.5) is 14.9 Å². The summed E-state index contributed by atoms with van der Waals surface area (Å²) in [4.78, 5) is 20.9. The number of rotatable bonds is 4. The lowest BCUT2D eigenvalue weighted by Crippen LogP contribution is -2.30. The number of anilines is 1. The molecule has 0 bridgehead atoms. The number of nitrogens with one attached hydrogen (secondary N) is 2. The van der Waals surface area contributed by atoms with Gasteiger partial charge in [0.2, 0.25) is 0 Å². The maximum Gasteiger partial charge on any atom is 0.319 e. The highest BCUT2D eigenvalue weighted by molar-refractivity contribution is 5.91. The average molecular weight is 338 g/mol.